The lowest BCUT2D eigenvalue weighted by molar-refractivity contribution is -0.105. The number of anilines is 1. The zero-order chi connectivity index (χ0) is 16.9. The van der Waals surface area contributed by atoms with Gasteiger partial charge in [-0.2, -0.15) is 0 Å². The first kappa shape index (κ1) is 16.6. The first-order chi connectivity index (χ1) is 11.7. The Bertz CT molecular complexity index is 720. The van der Waals surface area contributed by atoms with Crippen LogP contribution in [0.25, 0.3) is 11.1 Å². The molecule has 1 saturated carbocycles. The quantitative estimate of drug-likeness (QED) is 0.696. The number of benzene rings is 2. The van der Waals surface area contributed by atoms with Gasteiger partial charge in [0.05, 0.1) is 6.61 Å². The van der Waals surface area contributed by atoms with Crippen LogP contribution in [0.4, 0.5) is 5.69 Å². The average Bonchev–Trinajstić information content (AvgIpc) is 3.40. The topological polar surface area (TPSA) is 38.3 Å². The number of hydrogen-bond donors (Lipinski definition) is 1. The van der Waals surface area contributed by atoms with Crippen LogP contribution in [0.3, 0.4) is 0 Å². The van der Waals surface area contributed by atoms with Gasteiger partial charge in [-0.15, -0.1) is 0 Å². The summed E-state index contributed by atoms with van der Waals surface area (Å²) in [4.78, 5) is 10.8. The van der Waals surface area contributed by atoms with Gasteiger partial charge in [0.2, 0.25) is 6.41 Å². The number of carbonyl (C=O) groups is 1. The molecule has 0 aromatic heterocycles. The molecule has 2 aromatic rings. The van der Waals surface area contributed by atoms with E-state index in [4.69, 9.17) is 4.74 Å². The van der Waals surface area contributed by atoms with Gasteiger partial charge in [-0.25, -0.2) is 0 Å². The van der Waals surface area contributed by atoms with Gasteiger partial charge in [0.15, 0.2) is 0 Å². The van der Waals surface area contributed by atoms with Crippen LogP contribution in [0.2, 0.25) is 0 Å². The van der Waals surface area contributed by atoms with Gasteiger partial charge in [0.1, 0.15) is 5.75 Å². The molecule has 0 aliphatic heterocycles. The van der Waals surface area contributed by atoms with E-state index in [1.54, 1.807) is 0 Å². The Morgan fingerprint density at radius 2 is 2.04 bits per heavy atom. The summed E-state index contributed by atoms with van der Waals surface area (Å²) < 4.78 is 5.75. The van der Waals surface area contributed by atoms with Crippen molar-refractivity contribution in [2.24, 2.45) is 5.92 Å². The van der Waals surface area contributed by atoms with Crippen LogP contribution in [-0.4, -0.2) is 13.0 Å². The molecule has 0 radical (unpaired) electrons. The zero-order valence-corrected chi connectivity index (χ0v) is 14.5. The van der Waals surface area contributed by atoms with Crippen LogP contribution < -0.4 is 10.1 Å². The van der Waals surface area contributed by atoms with Crippen molar-refractivity contribution in [3.05, 3.63) is 47.5 Å². The van der Waals surface area contributed by atoms with E-state index in [0.29, 0.717) is 6.61 Å². The number of nitrogens with one attached hydrogen (secondary N) is 1. The third-order valence-corrected chi connectivity index (χ3v) is 4.72. The van der Waals surface area contributed by atoms with E-state index in [2.05, 4.69) is 36.5 Å². The van der Waals surface area contributed by atoms with Crippen LogP contribution in [0.5, 0.6) is 5.75 Å². The monoisotopic (exact) mass is 323 g/mol. The minimum atomic E-state index is 0.668. The highest BCUT2D eigenvalue weighted by Crippen LogP contribution is 2.37. The molecule has 1 aliphatic rings. The Hall–Kier alpha value is -2.29. The molecule has 0 heterocycles. The normalized spacial score (nSPS) is 13.6. The van der Waals surface area contributed by atoms with Crippen LogP contribution >= 0.6 is 0 Å². The summed E-state index contributed by atoms with van der Waals surface area (Å²) in [6.07, 6.45) is 5.73. The molecule has 3 heteroatoms. The van der Waals surface area contributed by atoms with Gasteiger partial charge in [0, 0.05) is 5.69 Å². The fourth-order valence-corrected chi connectivity index (χ4v) is 3.21. The molecule has 126 valence electrons. The van der Waals surface area contributed by atoms with Crippen molar-refractivity contribution >= 4 is 12.1 Å². The molecule has 2 aromatic carbocycles. The van der Waals surface area contributed by atoms with Crippen LogP contribution in [0.15, 0.2) is 36.4 Å². The Morgan fingerprint density at radius 1 is 1.21 bits per heavy atom. The molecule has 1 N–H and O–H groups in total. The molecular formula is C21H25NO2. The summed E-state index contributed by atoms with van der Waals surface area (Å²) in [6, 6.07) is 12.4. The summed E-state index contributed by atoms with van der Waals surface area (Å²) >= 11 is 0. The molecule has 3 nitrogen and oxygen atoms in total. The van der Waals surface area contributed by atoms with Gasteiger partial charge in [0.25, 0.3) is 0 Å². The first-order valence-corrected chi connectivity index (χ1v) is 8.78. The van der Waals surface area contributed by atoms with Gasteiger partial charge < -0.3 is 10.1 Å². The molecule has 0 saturated heterocycles. The smallest absolute Gasteiger partial charge is 0.211 e. The second kappa shape index (κ2) is 7.52. The highest BCUT2D eigenvalue weighted by Gasteiger charge is 2.21. The van der Waals surface area contributed by atoms with E-state index in [0.717, 1.165) is 30.2 Å². The minimum Gasteiger partial charge on any atom is -0.494 e. The maximum Gasteiger partial charge on any atom is 0.211 e. The number of hydrogen-bond acceptors (Lipinski definition) is 2. The summed E-state index contributed by atoms with van der Waals surface area (Å²) in [6.45, 7) is 4.79. The molecular weight excluding hydrogens is 298 g/mol. The molecule has 0 unspecified atom stereocenters. The van der Waals surface area contributed by atoms with Gasteiger partial charge >= 0.3 is 0 Å². The van der Waals surface area contributed by atoms with Gasteiger partial charge in [-0.1, -0.05) is 31.0 Å². The predicted molar refractivity (Wildman–Crippen MR) is 98.5 cm³/mol. The summed E-state index contributed by atoms with van der Waals surface area (Å²) in [5, 5.41) is 2.77. The summed E-state index contributed by atoms with van der Waals surface area (Å²) in [7, 11) is 0. The van der Waals surface area contributed by atoms with E-state index in [-0.39, 0.29) is 0 Å². The lowest BCUT2D eigenvalue weighted by Gasteiger charge is -2.16. The fraction of sp³-hybridized carbons (Fsp3) is 0.381. The van der Waals surface area contributed by atoms with Crippen molar-refractivity contribution in [3.8, 4) is 16.9 Å². The Kier molecular flexibility index (Phi) is 5.19. The zero-order valence-electron chi connectivity index (χ0n) is 14.5. The summed E-state index contributed by atoms with van der Waals surface area (Å²) in [5.74, 6) is 1.83. The second-order valence-corrected chi connectivity index (χ2v) is 6.48. The van der Waals surface area contributed by atoms with E-state index in [9.17, 15) is 4.79 Å². The van der Waals surface area contributed by atoms with Crippen molar-refractivity contribution in [1.29, 1.82) is 0 Å². The molecule has 1 amide bonds. The largest absolute Gasteiger partial charge is 0.494 e. The average molecular weight is 323 g/mol. The van der Waals surface area contributed by atoms with Crippen LogP contribution in [0.1, 0.15) is 37.3 Å². The number of carbonyl (C=O) groups excluding carboxylic acids is 1. The molecule has 3 rings (SSSR count). The molecule has 1 aliphatic carbocycles. The number of aryl methyl sites for hydroxylation is 1. The van der Waals surface area contributed by atoms with Gasteiger partial charge in [-0.3, -0.25) is 4.79 Å². The van der Waals surface area contributed by atoms with E-state index < -0.39 is 0 Å². The number of ether oxygens (including phenoxy) is 1. The van der Waals surface area contributed by atoms with Crippen LogP contribution in [0, 0.1) is 12.8 Å². The first-order valence-electron chi connectivity index (χ1n) is 8.78. The van der Waals surface area contributed by atoms with Crippen molar-refractivity contribution in [2.75, 3.05) is 11.9 Å². The molecule has 24 heavy (non-hydrogen) atoms. The highest BCUT2D eigenvalue weighted by molar-refractivity contribution is 5.78. The summed E-state index contributed by atoms with van der Waals surface area (Å²) in [5.41, 5.74) is 5.78. The van der Waals surface area contributed by atoms with Crippen molar-refractivity contribution < 1.29 is 9.53 Å². The fourth-order valence-electron chi connectivity index (χ4n) is 3.21. The molecule has 0 spiro atoms. The Morgan fingerprint density at radius 3 is 2.75 bits per heavy atom. The standard InChI is InChI=1S/C21H25NO2/c1-3-24-21-6-4-5-19(15(21)2)20-12-11-18(22-14-23)13-17(20)10-9-16-7-8-16/h4-6,11-14,16H,3,7-10H2,1-2H3,(H,22,23). The Balaban J connectivity index is 1.98. The molecule has 1 fully saturated rings. The maximum absolute atomic E-state index is 10.8. The maximum atomic E-state index is 10.8. The number of rotatable bonds is 8. The molecule has 0 bridgehead atoms. The third kappa shape index (κ3) is 3.78. The number of amides is 1. The van der Waals surface area contributed by atoms with E-state index in [1.165, 1.54) is 41.5 Å². The third-order valence-electron chi connectivity index (χ3n) is 4.72. The minimum absolute atomic E-state index is 0.668. The van der Waals surface area contributed by atoms with Crippen molar-refractivity contribution in [2.45, 2.75) is 39.5 Å². The van der Waals surface area contributed by atoms with Gasteiger partial charge in [-0.05, 0) is 73.1 Å². The Labute approximate surface area is 144 Å². The van der Waals surface area contributed by atoms with Crippen molar-refractivity contribution in [1.82, 2.24) is 0 Å². The van der Waals surface area contributed by atoms with E-state index in [1.807, 2.05) is 19.1 Å². The predicted octanol–water partition coefficient (Wildman–Crippen LogP) is 4.97. The van der Waals surface area contributed by atoms with Crippen molar-refractivity contribution in [3.63, 3.8) is 0 Å². The SMILES string of the molecule is CCOc1cccc(-c2ccc(NC=O)cc2CCC2CC2)c1C. The lowest BCUT2D eigenvalue weighted by atomic mass is 9.92. The highest BCUT2D eigenvalue weighted by atomic mass is 16.5. The lowest BCUT2D eigenvalue weighted by Crippen LogP contribution is -2.00. The second-order valence-electron chi connectivity index (χ2n) is 6.48. The molecule has 0 atom stereocenters. The van der Waals surface area contributed by atoms with E-state index >= 15 is 0 Å². The van der Waals surface area contributed by atoms with Crippen LogP contribution in [-0.2, 0) is 11.2 Å².